The number of hydrogen-bond acceptors (Lipinski definition) is 4. The molecule has 6 heteroatoms. The lowest BCUT2D eigenvalue weighted by molar-refractivity contribution is -0.125. The van der Waals surface area contributed by atoms with Gasteiger partial charge in [0.15, 0.2) is 0 Å². The van der Waals surface area contributed by atoms with Gasteiger partial charge < -0.3 is 20.9 Å². The first-order valence-corrected chi connectivity index (χ1v) is 6.52. The molecule has 4 N–H and O–H groups in total. The van der Waals surface area contributed by atoms with E-state index in [9.17, 15) is 9.59 Å². The number of carboxylic acid groups (broad SMARTS) is 1. The van der Waals surface area contributed by atoms with E-state index in [0.717, 1.165) is 0 Å². The Hall–Kier alpha value is -1.92. The number of aromatic carboxylic acids is 1. The highest BCUT2D eigenvalue weighted by Crippen LogP contribution is 2.12. The number of carbonyl (C=O) groups excluding carboxylic acids is 1. The van der Waals surface area contributed by atoms with Gasteiger partial charge in [0.1, 0.15) is 0 Å². The van der Waals surface area contributed by atoms with E-state index in [1.54, 1.807) is 24.3 Å². The Kier molecular flexibility index (Phi) is 4.70. The van der Waals surface area contributed by atoms with Gasteiger partial charge in [0, 0.05) is 12.6 Å². The molecule has 2 atom stereocenters. The summed E-state index contributed by atoms with van der Waals surface area (Å²) in [5.74, 6) is -1.41. The maximum absolute atomic E-state index is 11.9. The molecular weight excluding hydrogens is 260 g/mol. The summed E-state index contributed by atoms with van der Waals surface area (Å²) < 4.78 is 5.14. The maximum atomic E-state index is 11.9. The van der Waals surface area contributed by atoms with Crippen LogP contribution in [0.5, 0.6) is 0 Å². The zero-order chi connectivity index (χ0) is 14.5. The van der Waals surface area contributed by atoms with Crippen molar-refractivity contribution in [1.29, 1.82) is 0 Å². The van der Waals surface area contributed by atoms with E-state index >= 15 is 0 Å². The average Bonchev–Trinajstić information content (AvgIpc) is 2.85. The fraction of sp³-hybridized carbons (Fsp3) is 0.429. The van der Waals surface area contributed by atoms with Crippen LogP contribution in [-0.4, -0.2) is 42.8 Å². The predicted octanol–water partition coefficient (Wildman–Crippen LogP) is 0.0172. The normalized spacial score (nSPS) is 21.6. The van der Waals surface area contributed by atoms with Crippen LogP contribution in [0.25, 0.3) is 0 Å². The van der Waals surface area contributed by atoms with Crippen LogP contribution in [0.3, 0.4) is 0 Å². The molecule has 1 aromatic rings. The van der Waals surface area contributed by atoms with Crippen LogP contribution in [-0.2, 0) is 16.0 Å². The first-order valence-electron chi connectivity index (χ1n) is 6.52. The van der Waals surface area contributed by atoms with Crippen molar-refractivity contribution in [3.63, 3.8) is 0 Å². The van der Waals surface area contributed by atoms with Gasteiger partial charge in [-0.25, -0.2) is 4.79 Å². The minimum absolute atomic E-state index is 0.136. The highest BCUT2D eigenvalue weighted by Gasteiger charge is 2.30. The van der Waals surface area contributed by atoms with Gasteiger partial charge in [-0.2, -0.15) is 0 Å². The molecule has 108 valence electrons. The smallest absolute Gasteiger partial charge is 0.335 e. The Morgan fingerprint density at radius 2 is 2.10 bits per heavy atom. The van der Waals surface area contributed by atoms with Gasteiger partial charge in [0.05, 0.1) is 24.7 Å². The van der Waals surface area contributed by atoms with Crippen molar-refractivity contribution < 1.29 is 19.4 Å². The molecule has 1 aromatic carbocycles. The summed E-state index contributed by atoms with van der Waals surface area (Å²) in [7, 11) is 0. The molecule has 2 unspecified atom stereocenters. The molecule has 0 spiro atoms. The summed E-state index contributed by atoms with van der Waals surface area (Å²) in [6.45, 7) is 1.13. The Morgan fingerprint density at radius 1 is 1.35 bits per heavy atom. The number of benzene rings is 1. The lowest BCUT2D eigenvalue weighted by atomic mass is 10.0. The van der Waals surface area contributed by atoms with E-state index < -0.39 is 5.97 Å². The van der Waals surface area contributed by atoms with E-state index in [1.165, 1.54) is 0 Å². The molecule has 1 saturated heterocycles. The van der Waals surface area contributed by atoms with E-state index in [0.29, 0.717) is 31.7 Å². The van der Waals surface area contributed by atoms with Gasteiger partial charge in [-0.3, -0.25) is 4.79 Å². The topological polar surface area (TPSA) is 102 Å². The summed E-state index contributed by atoms with van der Waals surface area (Å²) in [5, 5.41) is 11.8. The number of carboxylic acids is 1. The van der Waals surface area contributed by atoms with E-state index in [1.807, 2.05) is 0 Å². The molecule has 1 aliphatic heterocycles. The number of nitrogens with one attached hydrogen (secondary N) is 1. The summed E-state index contributed by atoms with van der Waals surface area (Å²) in [4.78, 5) is 22.9. The van der Waals surface area contributed by atoms with Crippen LogP contribution in [0.1, 0.15) is 15.9 Å². The quantitative estimate of drug-likeness (QED) is 0.704. The molecule has 1 amide bonds. The van der Waals surface area contributed by atoms with Crippen molar-refractivity contribution >= 4 is 11.9 Å². The number of amides is 1. The molecule has 1 heterocycles. The van der Waals surface area contributed by atoms with Crippen LogP contribution in [0.2, 0.25) is 0 Å². The summed E-state index contributed by atoms with van der Waals surface area (Å²) in [6.07, 6.45) is 0.469. The number of carbonyl (C=O) groups is 2. The van der Waals surface area contributed by atoms with Crippen molar-refractivity contribution in [1.82, 2.24) is 5.32 Å². The largest absolute Gasteiger partial charge is 0.478 e. The van der Waals surface area contributed by atoms with Crippen LogP contribution in [0.15, 0.2) is 24.3 Å². The Balaban J connectivity index is 1.87. The van der Waals surface area contributed by atoms with Gasteiger partial charge in [-0.1, -0.05) is 18.2 Å². The maximum Gasteiger partial charge on any atom is 0.335 e. The van der Waals surface area contributed by atoms with Gasteiger partial charge in [-0.15, -0.1) is 0 Å². The number of ether oxygens (including phenoxy) is 1. The molecule has 1 aliphatic rings. The Morgan fingerprint density at radius 3 is 2.75 bits per heavy atom. The summed E-state index contributed by atoms with van der Waals surface area (Å²) >= 11 is 0. The molecule has 0 bridgehead atoms. The van der Waals surface area contributed by atoms with E-state index in [-0.39, 0.29) is 23.4 Å². The van der Waals surface area contributed by atoms with E-state index in [4.69, 9.17) is 15.6 Å². The van der Waals surface area contributed by atoms with Crippen molar-refractivity contribution in [2.24, 2.45) is 11.7 Å². The van der Waals surface area contributed by atoms with Crippen LogP contribution >= 0.6 is 0 Å². The standard InChI is InChI=1S/C14H18N2O4/c15-12-8-20-7-11(12)13(17)16-6-5-9-3-1-2-4-10(9)14(18)19/h1-4,11-12H,5-8,15H2,(H,16,17)(H,18,19). The highest BCUT2D eigenvalue weighted by molar-refractivity contribution is 5.89. The van der Waals surface area contributed by atoms with Crippen LogP contribution in [0, 0.1) is 5.92 Å². The molecule has 6 nitrogen and oxygen atoms in total. The monoisotopic (exact) mass is 278 g/mol. The van der Waals surface area contributed by atoms with Gasteiger partial charge in [0.25, 0.3) is 0 Å². The molecule has 0 saturated carbocycles. The van der Waals surface area contributed by atoms with Crippen molar-refractivity contribution in [3.8, 4) is 0 Å². The minimum Gasteiger partial charge on any atom is -0.478 e. The molecule has 20 heavy (non-hydrogen) atoms. The second-order valence-corrected chi connectivity index (χ2v) is 4.81. The lowest BCUT2D eigenvalue weighted by Gasteiger charge is -2.13. The predicted molar refractivity (Wildman–Crippen MR) is 72.4 cm³/mol. The second kappa shape index (κ2) is 6.49. The first-order chi connectivity index (χ1) is 9.59. The summed E-state index contributed by atoms with van der Waals surface area (Å²) in [6, 6.07) is 6.51. The first kappa shape index (κ1) is 14.5. The molecule has 0 aromatic heterocycles. The van der Waals surface area contributed by atoms with E-state index in [2.05, 4.69) is 5.32 Å². The SMILES string of the molecule is NC1COCC1C(=O)NCCc1ccccc1C(=O)O. The molecule has 0 aliphatic carbocycles. The number of rotatable bonds is 5. The Labute approximate surface area is 116 Å². The Bertz CT molecular complexity index is 504. The molecule has 0 radical (unpaired) electrons. The van der Waals surface area contributed by atoms with Gasteiger partial charge in [0.2, 0.25) is 5.91 Å². The lowest BCUT2D eigenvalue weighted by Crippen LogP contribution is -2.41. The number of nitrogens with two attached hydrogens (primary N) is 1. The molecular formula is C14H18N2O4. The third kappa shape index (κ3) is 3.34. The van der Waals surface area contributed by atoms with Gasteiger partial charge >= 0.3 is 5.97 Å². The zero-order valence-electron chi connectivity index (χ0n) is 11.0. The zero-order valence-corrected chi connectivity index (χ0v) is 11.0. The molecule has 2 rings (SSSR count). The molecule has 1 fully saturated rings. The van der Waals surface area contributed by atoms with Crippen molar-refractivity contribution in [3.05, 3.63) is 35.4 Å². The minimum atomic E-state index is -0.960. The third-order valence-corrected chi connectivity index (χ3v) is 3.40. The van der Waals surface area contributed by atoms with Crippen LogP contribution in [0.4, 0.5) is 0 Å². The highest BCUT2D eigenvalue weighted by atomic mass is 16.5. The average molecular weight is 278 g/mol. The second-order valence-electron chi connectivity index (χ2n) is 4.81. The van der Waals surface area contributed by atoms with Gasteiger partial charge in [-0.05, 0) is 18.1 Å². The van der Waals surface area contributed by atoms with Crippen molar-refractivity contribution in [2.75, 3.05) is 19.8 Å². The number of hydrogen-bond donors (Lipinski definition) is 3. The fourth-order valence-corrected chi connectivity index (χ4v) is 2.24. The van der Waals surface area contributed by atoms with Crippen LogP contribution < -0.4 is 11.1 Å². The summed E-state index contributed by atoms with van der Waals surface area (Å²) in [5.41, 5.74) is 6.73. The fourth-order valence-electron chi connectivity index (χ4n) is 2.24. The third-order valence-electron chi connectivity index (χ3n) is 3.40. The van der Waals surface area contributed by atoms with Crippen molar-refractivity contribution in [2.45, 2.75) is 12.5 Å².